The molecule has 4 amide bonds. The summed E-state index contributed by atoms with van der Waals surface area (Å²) in [6, 6.07) is 11.5. The van der Waals surface area contributed by atoms with Crippen molar-refractivity contribution in [3.8, 4) is 5.75 Å². The Balaban J connectivity index is 1.71. The Morgan fingerprint density at radius 3 is 2.27 bits per heavy atom. The number of nitrogens with zero attached hydrogens (tertiary/aromatic N) is 2. The van der Waals surface area contributed by atoms with E-state index in [9.17, 15) is 14.4 Å². The van der Waals surface area contributed by atoms with Crippen molar-refractivity contribution >= 4 is 28.6 Å². The zero-order valence-corrected chi connectivity index (χ0v) is 15.1. The number of carbonyl (C=O) groups excluding carboxylic acids is 3. The van der Waals surface area contributed by atoms with Crippen molar-refractivity contribution in [2.75, 3.05) is 27.4 Å². The SMILES string of the molecule is CCN1C(=O)C(=O)N(C[NH+](C)Cc2ccc3cc(OC)ccc3c2)C1=O. The predicted octanol–water partition coefficient (Wildman–Crippen LogP) is 0.631. The van der Waals surface area contributed by atoms with Crippen LogP contribution in [0.15, 0.2) is 36.4 Å². The third-order valence-corrected chi connectivity index (χ3v) is 4.50. The van der Waals surface area contributed by atoms with Gasteiger partial charge in [-0.05, 0) is 35.9 Å². The molecule has 1 atom stereocenters. The number of urea groups is 1. The lowest BCUT2D eigenvalue weighted by Gasteiger charge is -2.20. The fourth-order valence-electron chi connectivity index (χ4n) is 3.15. The van der Waals surface area contributed by atoms with E-state index in [0.29, 0.717) is 6.54 Å². The summed E-state index contributed by atoms with van der Waals surface area (Å²) in [4.78, 5) is 38.9. The lowest BCUT2D eigenvalue weighted by Crippen LogP contribution is -3.09. The van der Waals surface area contributed by atoms with Crippen molar-refractivity contribution in [2.45, 2.75) is 13.5 Å². The minimum Gasteiger partial charge on any atom is -0.497 e. The summed E-state index contributed by atoms with van der Waals surface area (Å²) in [5, 5.41) is 2.18. The van der Waals surface area contributed by atoms with Gasteiger partial charge in [-0.2, -0.15) is 0 Å². The Morgan fingerprint density at radius 1 is 0.962 bits per heavy atom. The van der Waals surface area contributed by atoms with Crippen LogP contribution in [0, 0.1) is 0 Å². The van der Waals surface area contributed by atoms with E-state index in [1.807, 2.05) is 37.4 Å². The first-order valence-electron chi connectivity index (χ1n) is 8.50. The van der Waals surface area contributed by atoms with E-state index in [0.717, 1.165) is 36.8 Å². The minimum atomic E-state index is -0.748. The maximum atomic E-state index is 12.2. The fraction of sp³-hybridized carbons (Fsp3) is 0.316. The van der Waals surface area contributed by atoms with E-state index in [4.69, 9.17) is 4.74 Å². The average molecular weight is 356 g/mol. The molecule has 1 fully saturated rings. The van der Waals surface area contributed by atoms with Crippen LogP contribution in [0.3, 0.4) is 0 Å². The van der Waals surface area contributed by atoms with Crippen LogP contribution in [0.4, 0.5) is 4.79 Å². The highest BCUT2D eigenvalue weighted by molar-refractivity contribution is 6.44. The molecular formula is C19H22N3O4+. The molecule has 0 aromatic heterocycles. The van der Waals surface area contributed by atoms with Gasteiger partial charge in [0.25, 0.3) is 0 Å². The molecule has 1 saturated heterocycles. The first kappa shape index (κ1) is 17.9. The van der Waals surface area contributed by atoms with Crippen LogP contribution in [0.25, 0.3) is 10.8 Å². The number of imide groups is 2. The molecule has 0 radical (unpaired) electrons. The molecule has 0 spiro atoms. The second-order valence-corrected chi connectivity index (χ2v) is 6.40. The third-order valence-electron chi connectivity index (χ3n) is 4.50. The molecule has 0 saturated carbocycles. The van der Waals surface area contributed by atoms with Crippen LogP contribution in [0.2, 0.25) is 0 Å². The van der Waals surface area contributed by atoms with Gasteiger partial charge in [-0.15, -0.1) is 0 Å². The largest absolute Gasteiger partial charge is 0.497 e. The standard InChI is InChI=1S/C19H21N3O4/c1-4-21-17(23)18(24)22(19(21)25)12-20(2)11-13-5-6-15-10-16(26-3)8-7-14(15)9-13/h5-10H,4,11-12H2,1-3H3/p+1. The van der Waals surface area contributed by atoms with Gasteiger partial charge in [0.1, 0.15) is 12.3 Å². The highest BCUT2D eigenvalue weighted by Crippen LogP contribution is 2.21. The molecule has 1 aliphatic heterocycles. The Kier molecular flexibility index (Phi) is 4.90. The van der Waals surface area contributed by atoms with E-state index < -0.39 is 17.8 Å². The number of methoxy groups -OCH3 is 1. The second kappa shape index (κ2) is 7.13. The van der Waals surface area contributed by atoms with Crippen molar-refractivity contribution in [1.29, 1.82) is 0 Å². The van der Waals surface area contributed by atoms with Crippen LogP contribution in [0.5, 0.6) is 5.75 Å². The molecule has 1 aliphatic rings. The molecule has 1 heterocycles. The van der Waals surface area contributed by atoms with Gasteiger partial charge < -0.3 is 9.64 Å². The van der Waals surface area contributed by atoms with Gasteiger partial charge >= 0.3 is 17.8 Å². The number of rotatable bonds is 6. The zero-order valence-electron chi connectivity index (χ0n) is 15.1. The first-order valence-corrected chi connectivity index (χ1v) is 8.50. The number of carbonyl (C=O) groups is 3. The molecule has 26 heavy (non-hydrogen) atoms. The topological polar surface area (TPSA) is 71.4 Å². The second-order valence-electron chi connectivity index (χ2n) is 6.40. The Labute approximate surface area is 151 Å². The number of ether oxygens (including phenoxy) is 1. The molecule has 1 N–H and O–H groups in total. The van der Waals surface area contributed by atoms with Crippen molar-refractivity contribution in [2.24, 2.45) is 0 Å². The molecular weight excluding hydrogens is 334 g/mol. The Bertz CT molecular complexity index is 880. The lowest BCUT2D eigenvalue weighted by molar-refractivity contribution is -0.901. The van der Waals surface area contributed by atoms with Crippen molar-refractivity contribution < 1.29 is 24.0 Å². The maximum Gasteiger partial charge on any atom is 0.338 e. The van der Waals surface area contributed by atoms with Crippen molar-refractivity contribution in [1.82, 2.24) is 9.80 Å². The number of nitrogens with one attached hydrogen (secondary N) is 1. The van der Waals surface area contributed by atoms with Crippen molar-refractivity contribution in [3.05, 3.63) is 42.0 Å². The number of amides is 4. The summed E-state index contributed by atoms with van der Waals surface area (Å²) >= 11 is 0. The van der Waals surface area contributed by atoms with Crippen LogP contribution < -0.4 is 9.64 Å². The molecule has 0 aliphatic carbocycles. The molecule has 0 bridgehead atoms. The van der Waals surface area contributed by atoms with Gasteiger partial charge in [0.05, 0.1) is 14.2 Å². The average Bonchev–Trinajstić information content (AvgIpc) is 2.84. The van der Waals surface area contributed by atoms with E-state index in [1.54, 1.807) is 14.0 Å². The highest BCUT2D eigenvalue weighted by Gasteiger charge is 2.44. The minimum absolute atomic E-state index is 0.153. The number of quaternary nitrogens is 1. The van der Waals surface area contributed by atoms with Crippen LogP contribution in [-0.4, -0.2) is 55.0 Å². The van der Waals surface area contributed by atoms with Gasteiger partial charge in [-0.25, -0.2) is 9.69 Å². The highest BCUT2D eigenvalue weighted by atomic mass is 16.5. The smallest absolute Gasteiger partial charge is 0.338 e. The normalized spacial score (nSPS) is 15.9. The van der Waals surface area contributed by atoms with E-state index in [-0.39, 0.29) is 13.2 Å². The number of hydrogen-bond acceptors (Lipinski definition) is 4. The predicted molar refractivity (Wildman–Crippen MR) is 95.6 cm³/mol. The molecule has 136 valence electrons. The number of hydrogen-bond donors (Lipinski definition) is 1. The third kappa shape index (κ3) is 3.25. The number of fused-ring (bicyclic) bond motifs is 1. The summed E-state index contributed by atoms with van der Waals surface area (Å²) in [5.74, 6) is -0.684. The first-order chi connectivity index (χ1) is 12.4. The Morgan fingerprint density at radius 2 is 1.62 bits per heavy atom. The molecule has 2 aromatic rings. The molecule has 1 unspecified atom stereocenters. The Hall–Kier alpha value is -2.93. The fourth-order valence-corrected chi connectivity index (χ4v) is 3.15. The van der Waals surface area contributed by atoms with Gasteiger partial charge in [0, 0.05) is 12.1 Å². The van der Waals surface area contributed by atoms with E-state index in [2.05, 4.69) is 6.07 Å². The molecule has 3 rings (SSSR count). The number of likely N-dealkylation sites (N-methyl/N-ethyl adjacent to an activating group) is 1. The van der Waals surface area contributed by atoms with Crippen LogP contribution in [0.1, 0.15) is 12.5 Å². The van der Waals surface area contributed by atoms with Crippen molar-refractivity contribution in [3.63, 3.8) is 0 Å². The van der Waals surface area contributed by atoms with Gasteiger partial charge in [-0.1, -0.05) is 18.2 Å². The van der Waals surface area contributed by atoms with Gasteiger partial charge in [0.15, 0.2) is 6.67 Å². The van der Waals surface area contributed by atoms with E-state index >= 15 is 0 Å². The molecule has 7 nitrogen and oxygen atoms in total. The van der Waals surface area contributed by atoms with Crippen LogP contribution in [-0.2, 0) is 16.1 Å². The van der Waals surface area contributed by atoms with Gasteiger partial charge in [-0.3, -0.25) is 14.5 Å². The van der Waals surface area contributed by atoms with Crippen LogP contribution >= 0.6 is 0 Å². The van der Waals surface area contributed by atoms with E-state index in [1.165, 1.54) is 0 Å². The molecule has 2 aromatic carbocycles. The summed E-state index contributed by atoms with van der Waals surface area (Å²) in [6.45, 7) is 2.65. The summed E-state index contributed by atoms with van der Waals surface area (Å²) in [5.41, 5.74) is 1.08. The van der Waals surface area contributed by atoms with Gasteiger partial charge in [0.2, 0.25) is 0 Å². The number of benzene rings is 2. The quantitative estimate of drug-likeness (QED) is 0.609. The zero-order chi connectivity index (χ0) is 18.8. The molecule has 7 heteroatoms. The maximum absolute atomic E-state index is 12.2. The lowest BCUT2D eigenvalue weighted by atomic mass is 10.1. The summed E-state index contributed by atoms with van der Waals surface area (Å²) < 4.78 is 5.23. The summed E-state index contributed by atoms with van der Waals surface area (Å²) in [6.07, 6.45) is 0. The monoisotopic (exact) mass is 356 g/mol. The summed E-state index contributed by atoms with van der Waals surface area (Å²) in [7, 11) is 3.52.